The van der Waals surface area contributed by atoms with Crippen molar-refractivity contribution >= 4 is 17.4 Å². The first-order chi connectivity index (χ1) is 13.0. The van der Waals surface area contributed by atoms with Crippen molar-refractivity contribution in [2.75, 3.05) is 6.61 Å². The van der Waals surface area contributed by atoms with E-state index in [4.69, 9.17) is 16.3 Å². The lowest BCUT2D eigenvalue weighted by Crippen LogP contribution is -2.37. The van der Waals surface area contributed by atoms with Crippen LogP contribution in [0.1, 0.15) is 42.2 Å². The number of Topliss-reactive ketones (excluding diaryl/α,β-unsaturated/α-hetero) is 1. The molecule has 0 N–H and O–H groups in total. The third kappa shape index (κ3) is 4.09. The summed E-state index contributed by atoms with van der Waals surface area (Å²) < 4.78 is 34.6. The van der Waals surface area contributed by atoms with Gasteiger partial charge in [-0.1, -0.05) is 29.8 Å². The van der Waals surface area contributed by atoms with E-state index in [0.29, 0.717) is 24.3 Å². The largest absolute Gasteiger partial charge is 0.368 e. The Morgan fingerprint density at radius 1 is 1.44 bits per heavy atom. The van der Waals surface area contributed by atoms with E-state index in [1.807, 2.05) is 0 Å². The summed E-state index contributed by atoms with van der Waals surface area (Å²) in [6.07, 6.45) is 3.43. The Morgan fingerprint density at radius 2 is 2.26 bits per heavy atom. The SMILES string of the molecule is C=CCO[C@H]1CC[C@@](F)(C(=O)CCc2ccc(F)cc2Cl)c2cccnc21. The van der Waals surface area contributed by atoms with Crippen LogP contribution in [0.4, 0.5) is 8.78 Å². The van der Waals surface area contributed by atoms with E-state index < -0.39 is 17.3 Å². The fraction of sp³-hybridized carbons (Fsp3) is 0.333. The summed E-state index contributed by atoms with van der Waals surface area (Å²) in [5.74, 6) is -0.978. The number of alkyl halides is 1. The number of hydrogen-bond acceptors (Lipinski definition) is 3. The second-order valence-electron chi connectivity index (χ2n) is 6.55. The number of pyridine rings is 1. The van der Waals surface area contributed by atoms with E-state index in [-0.39, 0.29) is 36.0 Å². The van der Waals surface area contributed by atoms with Crippen LogP contribution >= 0.6 is 11.6 Å². The van der Waals surface area contributed by atoms with E-state index in [0.717, 1.165) is 0 Å². The van der Waals surface area contributed by atoms with Gasteiger partial charge >= 0.3 is 0 Å². The predicted molar refractivity (Wildman–Crippen MR) is 99.9 cm³/mol. The van der Waals surface area contributed by atoms with Gasteiger partial charge in [-0.15, -0.1) is 6.58 Å². The minimum absolute atomic E-state index is 0.0312. The molecule has 0 unspecified atom stereocenters. The molecule has 0 fully saturated rings. The maximum absolute atomic E-state index is 15.8. The summed E-state index contributed by atoms with van der Waals surface area (Å²) in [4.78, 5) is 17.0. The number of aromatic nitrogens is 1. The van der Waals surface area contributed by atoms with Gasteiger partial charge in [-0.3, -0.25) is 9.78 Å². The van der Waals surface area contributed by atoms with Crippen LogP contribution < -0.4 is 0 Å². The first kappa shape index (κ1) is 19.6. The number of ether oxygens (including phenoxy) is 1. The zero-order valence-corrected chi connectivity index (χ0v) is 15.5. The Hall–Kier alpha value is -2.11. The van der Waals surface area contributed by atoms with Gasteiger partial charge in [0.05, 0.1) is 12.3 Å². The molecule has 3 rings (SSSR count). The molecular formula is C21H20ClF2NO2. The van der Waals surface area contributed by atoms with Gasteiger partial charge in [0.2, 0.25) is 0 Å². The van der Waals surface area contributed by atoms with Crippen molar-refractivity contribution in [1.29, 1.82) is 0 Å². The Balaban J connectivity index is 1.80. The van der Waals surface area contributed by atoms with Gasteiger partial charge in [0.1, 0.15) is 11.9 Å². The summed E-state index contributed by atoms with van der Waals surface area (Å²) in [6.45, 7) is 3.95. The summed E-state index contributed by atoms with van der Waals surface area (Å²) in [6, 6.07) is 7.19. The van der Waals surface area contributed by atoms with Crippen molar-refractivity contribution in [3.63, 3.8) is 0 Å². The van der Waals surface area contributed by atoms with Crippen LogP contribution in [0.15, 0.2) is 49.2 Å². The van der Waals surface area contributed by atoms with Gasteiger partial charge in [0.15, 0.2) is 11.5 Å². The highest BCUT2D eigenvalue weighted by molar-refractivity contribution is 6.31. The number of aryl methyl sites for hydroxylation is 1. The fourth-order valence-electron chi connectivity index (χ4n) is 3.42. The quantitative estimate of drug-likeness (QED) is 0.603. The average Bonchev–Trinajstić information content (AvgIpc) is 2.67. The van der Waals surface area contributed by atoms with Crippen LogP contribution in [-0.2, 0) is 21.6 Å². The first-order valence-corrected chi connectivity index (χ1v) is 9.17. The molecule has 27 heavy (non-hydrogen) atoms. The van der Waals surface area contributed by atoms with Gasteiger partial charge in [-0.05, 0) is 43.0 Å². The normalized spacial score (nSPS) is 21.5. The highest BCUT2D eigenvalue weighted by Crippen LogP contribution is 2.44. The molecule has 0 amide bonds. The molecule has 2 atom stereocenters. The summed E-state index contributed by atoms with van der Waals surface area (Å²) in [5.41, 5.74) is -0.768. The lowest BCUT2D eigenvalue weighted by Gasteiger charge is -2.34. The number of hydrogen-bond donors (Lipinski definition) is 0. The first-order valence-electron chi connectivity index (χ1n) is 8.79. The highest BCUT2D eigenvalue weighted by Gasteiger charge is 2.46. The molecule has 142 valence electrons. The van der Waals surface area contributed by atoms with Crippen molar-refractivity contribution in [2.24, 2.45) is 0 Å². The van der Waals surface area contributed by atoms with Crippen molar-refractivity contribution in [3.05, 3.63) is 76.8 Å². The number of carbonyl (C=O) groups is 1. The van der Waals surface area contributed by atoms with Crippen molar-refractivity contribution < 1.29 is 18.3 Å². The standard InChI is InChI=1S/C21H20ClF2NO2/c1-2-12-27-18-9-10-21(24,16-4-3-11-25-20(16)18)19(26)8-6-14-5-7-15(23)13-17(14)22/h2-5,7,11,13,18H,1,6,8-10,12H2/t18-,21-/m0/s1. The Bertz CT molecular complexity index is 858. The molecule has 6 heteroatoms. The van der Waals surface area contributed by atoms with E-state index in [2.05, 4.69) is 11.6 Å². The molecule has 0 saturated heterocycles. The average molecular weight is 392 g/mol. The molecule has 1 aliphatic rings. The van der Waals surface area contributed by atoms with E-state index >= 15 is 4.39 Å². The molecule has 1 heterocycles. The van der Waals surface area contributed by atoms with Crippen molar-refractivity contribution in [2.45, 2.75) is 37.5 Å². The van der Waals surface area contributed by atoms with Crippen LogP contribution in [0, 0.1) is 5.82 Å². The maximum Gasteiger partial charge on any atom is 0.195 e. The molecule has 0 aliphatic heterocycles. The Labute approximate surface area is 162 Å². The summed E-state index contributed by atoms with van der Waals surface area (Å²) in [5, 5.41) is 0.235. The number of halogens is 3. The molecular weight excluding hydrogens is 372 g/mol. The van der Waals surface area contributed by atoms with Crippen LogP contribution in [-0.4, -0.2) is 17.4 Å². The highest BCUT2D eigenvalue weighted by atomic mass is 35.5. The molecule has 1 aliphatic carbocycles. The lowest BCUT2D eigenvalue weighted by molar-refractivity contribution is -0.133. The molecule has 0 bridgehead atoms. The lowest BCUT2D eigenvalue weighted by atomic mass is 9.77. The molecule has 3 nitrogen and oxygen atoms in total. The minimum atomic E-state index is -2.11. The molecule has 0 radical (unpaired) electrons. The van der Waals surface area contributed by atoms with Crippen molar-refractivity contribution in [1.82, 2.24) is 4.98 Å². The van der Waals surface area contributed by atoms with Gasteiger partial charge in [-0.25, -0.2) is 8.78 Å². The predicted octanol–water partition coefficient (Wildman–Crippen LogP) is 5.28. The van der Waals surface area contributed by atoms with Gasteiger partial charge in [-0.2, -0.15) is 0 Å². The van der Waals surface area contributed by atoms with Crippen molar-refractivity contribution in [3.8, 4) is 0 Å². The molecule has 2 aromatic rings. The third-order valence-electron chi connectivity index (χ3n) is 4.82. The van der Waals surface area contributed by atoms with Crippen LogP contribution in [0.25, 0.3) is 0 Å². The third-order valence-corrected chi connectivity index (χ3v) is 5.17. The monoisotopic (exact) mass is 391 g/mol. The number of benzene rings is 1. The molecule has 0 spiro atoms. The van der Waals surface area contributed by atoms with Crippen LogP contribution in [0.3, 0.4) is 0 Å². The molecule has 0 saturated carbocycles. The Kier molecular flexibility index (Phi) is 6.02. The number of rotatable bonds is 7. The second-order valence-corrected chi connectivity index (χ2v) is 6.95. The van der Waals surface area contributed by atoms with Crippen LogP contribution in [0.5, 0.6) is 0 Å². The Morgan fingerprint density at radius 3 is 3.00 bits per heavy atom. The molecule has 1 aromatic carbocycles. The van der Waals surface area contributed by atoms with Gasteiger partial charge < -0.3 is 4.74 Å². The molecule has 1 aromatic heterocycles. The maximum atomic E-state index is 15.8. The van der Waals surface area contributed by atoms with Crippen LogP contribution in [0.2, 0.25) is 5.02 Å². The van der Waals surface area contributed by atoms with Gasteiger partial charge in [0, 0.05) is 23.2 Å². The van der Waals surface area contributed by atoms with E-state index in [9.17, 15) is 9.18 Å². The number of nitrogens with zero attached hydrogens (tertiary/aromatic N) is 1. The van der Waals surface area contributed by atoms with Gasteiger partial charge in [0.25, 0.3) is 0 Å². The van der Waals surface area contributed by atoms with E-state index in [1.165, 1.54) is 18.2 Å². The fourth-order valence-corrected chi connectivity index (χ4v) is 3.68. The smallest absolute Gasteiger partial charge is 0.195 e. The summed E-state index contributed by atoms with van der Waals surface area (Å²) in [7, 11) is 0. The minimum Gasteiger partial charge on any atom is -0.368 e. The zero-order valence-electron chi connectivity index (χ0n) is 14.8. The number of fused-ring (bicyclic) bond motifs is 1. The topological polar surface area (TPSA) is 39.2 Å². The number of carbonyl (C=O) groups excluding carboxylic acids is 1. The van der Waals surface area contributed by atoms with E-state index in [1.54, 1.807) is 24.4 Å². The second kappa shape index (κ2) is 8.28. The zero-order chi connectivity index (χ0) is 19.4. The summed E-state index contributed by atoms with van der Waals surface area (Å²) >= 11 is 6.00. The number of ketones is 1.